The molecule has 0 fully saturated rings. The van der Waals surface area contributed by atoms with Gasteiger partial charge in [-0.05, 0) is 48.9 Å². The largest absolute Gasteiger partial charge is 0.494 e. The predicted molar refractivity (Wildman–Crippen MR) is 85.6 cm³/mol. The molecular formula is C17H14ClNO2. The van der Waals surface area contributed by atoms with E-state index >= 15 is 0 Å². The number of fused-ring (bicyclic) bond motifs is 1. The number of carbonyl (C=O) groups is 1. The minimum absolute atomic E-state index is 0.110. The summed E-state index contributed by atoms with van der Waals surface area (Å²) in [5, 5.41) is 3.45. The van der Waals surface area contributed by atoms with Crippen molar-refractivity contribution >= 4 is 34.8 Å². The Bertz CT molecular complexity index is 720. The van der Waals surface area contributed by atoms with Crippen molar-refractivity contribution in [1.29, 1.82) is 0 Å². The molecule has 2 aromatic rings. The van der Waals surface area contributed by atoms with Gasteiger partial charge in [0.25, 0.3) is 5.91 Å². The number of nitrogens with one attached hydrogen (secondary N) is 1. The molecule has 0 unspecified atom stereocenters. The summed E-state index contributed by atoms with van der Waals surface area (Å²) in [5.74, 6) is 0.708. The van der Waals surface area contributed by atoms with Gasteiger partial charge in [0.1, 0.15) is 5.75 Å². The molecule has 1 heterocycles. The fourth-order valence-corrected chi connectivity index (χ4v) is 2.47. The summed E-state index contributed by atoms with van der Waals surface area (Å²) in [6.07, 6.45) is 1.85. The Balaban J connectivity index is 1.96. The van der Waals surface area contributed by atoms with Crippen molar-refractivity contribution in [2.75, 3.05) is 11.9 Å². The van der Waals surface area contributed by atoms with Gasteiger partial charge in [-0.2, -0.15) is 0 Å². The third kappa shape index (κ3) is 2.78. The van der Waals surface area contributed by atoms with Crippen LogP contribution in [0, 0.1) is 0 Å². The van der Waals surface area contributed by atoms with E-state index < -0.39 is 0 Å². The normalized spacial score (nSPS) is 15.0. The molecule has 1 N–H and O–H groups in total. The summed E-state index contributed by atoms with van der Waals surface area (Å²) in [6.45, 7) is 2.58. The van der Waals surface area contributed by atoms with E-state index in [-0.39, 0.29) is 5.91 Å². The van der Waals surface area contributed by atoms with Gasteiger partial charge in [-0.15, -0.1) is 0 Å². The molecule has 4 heteroatoms. The topological polar surface area (TPSA) is 38.3 Å². The number of carbonyl (C=O) groups excluding carboxylic acids is 1. The van der Waals surface area contributed by atoms with Gasteiger partial charge in [-0.25, -0.2) is 0 Å². The van der Waals surface area contributed by atoms with Gasteiger partial charge in [-0.1, -0.05) is 23.7 Å². The van der Waals surface area contributed by atoms with Crippen LogP contribution in [0.5, 0.6) is 5.75 Å². The standard InChI is InChI=1S/C17H14ClNO2/c1-2-21-13-6-3-11(4-7-13)9-15-14-10-12(18)5-8-16(14)19-17(15)20/h3-10H,2H2,1H3,(H,19,20)/b15-9-. The summed E-state index contributed by atoms with van der Waals surface area (Å²) in [6, 6.07) is 13.0. The first-order valence-electron chi connectivity index (χ1n) is 6.73. The Kier molecular flexibility index (Phi) is 3.67. The molecule has 0 saturated heterocycles. The number of rotatable bonds is 3. The first-order valence-corrected chi connectivity index (χ1v) is 7.11. The summed E-state index contributed by atoms with van der Waals surface area (Å²) >= 11 is 6.01. The average molecular weight is 300 g/mol. The number of halogens is 1. The van der Waals surface area contributed by atoms with Gasteiger partial charge in [0.05, 0.1) is 6.61 Å². The van der Waals surface area contributed by atoms with E-state index in [0.29, 0.717) is 17.2 Å². The lowest BCUT2D eigenvalue weighted by atomic mass is 10.0. The predicted octanol–water partition coefficient (Wildman–Crippen LogP) is 4.23. The quantitative estimate of drug-likeness (QED) is 0.861. The van der Waals surface area contributed by atoms with Crippen molar-refractivity contribution in [3.05, 3.63) is 58.6 Å². The number of hydrogen-bond donors (Lipinski definition) is 1. The first-order chi connectivity index (χ1) is 10.2. The molecule has 21 heavy (non-hydrogen) atoms. The lowest BCUT2D eigenvalue weighted by Gasteiger charge is -2.03. The molecule has 0 bridgehead atoms. The lowest BCUT2D eigenvalue weighted by Crippen LogP contribution is -2.03. The second-order valence-corrected chi connectivity index (χ2v) is 5.14. The summed E-state index contributed by atoms with van der Waals surface area (Å²) < 4.78 is 5.41. The van der Waals surface area contributed by atoms with Crippen LogP contribution in [0.4, 0.5) is 5.69 Å². The van der Waals surface area contributed by atoms with E-state index in [9.17, 15) is 4.79 Å². The van der Waals surface area contributed by atoms with Crippen molar-refractivity contribution in [2.24, 2.45) is 0 Å². The highest BCUT2D eigenvalue weighted by molar-refractivity contribution is 6.36. The van der Waals surface area contributed by atoms with Crippen molar-refractivity contribution in [3.8, 4) is 5.75 Å². The van der Waals surface area contributed by atoms with Crippen LogP contribution in [0.1, 0.15) is 18.1 Å². The maximum absolute atomic E-state index is 12.1. The molecule has 0 aromatic heterocycles. The second kappa shape index (κ2) is 5.62. The fraction of sp³-hybridized carbons (Fsp3) is 0.118. The van der Waals surface area contributed by atoms with Crippen LogP contribution < -0.4 is 10.1 Å². The number of ether oxygens (including phenoxy) is 1. The van der Waals surface area contributed by atoms with Gasteiger partial charge >= 0.3 is 0 Å². The minimum Gasteiger partial charge on any atom is -0.494 e. The van der Waals surface area contributed by atoms with E-state index in [1.807, 2.05) is 43.3 Å². The molecule has 1 aliphatic rings. The third-order valence-electron chi connectivity index (χ3n) is 3.27. The highest BCUT2D eigenvalue weighted by Gasteiger charge is 2.24. The summed E-state index contributed by atoms with van der Waals surface area (Å²) in [5.41, 5.74) is 3.19. The van der Waals surface area contributed by atoms with E-state index in [4.69, 9.17) is 16.3 Å². The van der Waals surface area contributed by atoms with Crippen molar-refractivity contribution < 1.29 is 9.53 Å². The highest BCUT2D eigenvalue weighted by atomic mass is 35.5. The highest BCUT2D eigenvalue weighted by Crippen LogP contribution is 2.35. The van der Waals surface area contributed by atoms with Gasteiger partial charge in [0.15, 0.2) is 0 Å². The van der Waals surface area contributed by atoms with Crippen LogP contribution in [0.15, 0.2) is 42.5 Å². The molecule has 1 aliphatic heterocycles. The molecule has 0 spiro atoms. The number of amides is 1. The summed E-state index contributed by atoms with van der Waals surface area (Å²) in [4.78, 5) is 12.1. The number of anilines is 1. The maximum atomic E-state index is 12.1. The zero-order chi connectivity index (χ0) is 14.8. The van der Waals surface area contributed by atoms with E-state index in [1.165, 1.54) is 0 Å². The molecule has 1 amide bonds. The van der Waals surface area contributed by atoms with E-state index in [1.54, 1.807) is 12.1 Å². The Labute approximate surface area is 128 Å². The van der Waals surface area contributed by atoms with E-state index in [0.717, 1.165) is 22.6 Å². The van der Waals surface area contributed by atoms with Gasteiger partial charge in [0.2, 0.25) is 0 Å². The molecular weight excluding hydrogens is 286 g/mol. The third-order valence-corrected chi connectivity index (χ3v) is 3.50. The van der Waals surface area contributed by atoms with Gasteiger partial charge < -0.3 is 10.1 Å². The zero-order valence-electron chi connectivity index (χ0n) is 11.5. The SMILES string of the molecule is CCOc1ccc(/C=C2\C(=O)Nc3ccc(Cl)cc32)cc1. The minimum atomic E-state index is -0.110. The summed E-state index contributed by atoms with van der Waals surface area (Å²) in [7, 11) is 0. The first kappa shape index (κ1) is 13.7. The molecule has 0 aliphatic carbocycles. The Morgan fingerprint density at radius 2 is 1.95 bits per heavy atom. The number of hydrogen-bond acceptors (Lipinski definition) is 2. The monoisotopic (exact) mass is 299 g/mol. The molecule has 106 valence electrons. The van der Waals surface area contributed by atoms with Crippen LogP contribution in [0.3, 0.4) is 0 Å². The lowest BCUT2D eigenvalue weighted by molar-refractivity contribution is -0.110. The smallest absolute Gasteiger partial charge is 0.256 e. The Morgan fingerprint density at radius 1 is 1.19 bits per heavy atom. The Morgan fingerprint density at radius 3 is 2.67 bits per heavy atom. The molecule has 0 saturated carbocycles. The van der Waals surface area contributed by atoms with Crippen molar-refractivity contribution in [1.82, 2.24) is 0 Å². The van der Waals surface area contributed by atoms with Crippen molar-refractivity contribution in [2.45, 2.75) is 6.92 Å². The Hall–Kier alpha value is -2.26. The fourth-order valence-electron chi connectivity index (χ4n) is 2.30. The van der Waals surface area contributed by atoms with Crippen LogP contribution >= 0.6 is 11.6 Å². The number of benzene rings is 2. The van der Waals surface area contributed by atoms with Crippen LogP contribution in [0.2, 0.25) is 5.02 Å². The van der Waals surface area contributed by atoms with Crippen LogP contribution in [-0.4, -0.2) is 12.5 Å². The van der Waals surface area contributed by atoms with E-state index in [2.05, 4.69) is 5.32 Å². The molecule has 2 aromatic carbocycles. The molecule has 3 rings (SSSR count). The molecule has 0 radical (unpaired) electrons. The zero-order valence-corrected chi connectivity index (χ0v) is 12.3. The van der Waals surface area contributed by atoms with Gasteiger partial charge in [0, 0.05) is 21.8 Å². The molecule has 3 nitrogen and oxygen atoms in total. The second-order valence-electron chi connectivity index (χ2n) is 4.70. The van der Waals surface area contributed by atoms with Gasteiger partial charge in [-0.3, -0.25) is 4.79 Å². The average Bonchev–Trinajstić information content (AvgIpc) is 2.77. The van der Waals surface area contributed by atoms with Crippen molar-refractivity contribution in [3.63, 3.8) is 0 Å². The maximum Gasteiger partial charge on any atom is 0.256 e. The molecule has 0 atom stereocenters. The van der Waals surface area contributed by atoms with Crippen LogP contribution in [-0.2, 0) is 4.79 Å². The van der Waals surface area contributed by atoms with Crippen LogP contribution in [0.25, 0.3) is 11.6 Å².